The molecule has 0 saturated carbocycles. The van der Waals surface area contributed by atoms with Gasteiger partial charge in [-0.05, 0) is 36.8 Å². The first kappa shape index (κ1) is 18.1. The summed E-state index contributed by atoms with van der Waals surface area (Å²) in [6, 6.07) is 9.43. The van der Waals surface area contributed by atoms with Crippen LogP contribution in [0.15, 0.2) is 36.8 Å². The zero-order valence-corrected chi connectivity index (χ0v) is 16.1. The van der Waals surface area contributed by atoms with Crippen LogP contribution in [-0.2, 0) is 19.3 Å². The Morgan fingerprint density at radius 1 is 1.15 bits per heavy atom. The van der Waals surface area contributed by atoms with Crippen molar-refractivity contribution < 1.29 is 4.79 Å². The molecule has 0 unspecified atom stereocenters. The average molecular weight is 364 g/mol. The molecule has 0 bridgehead atoms. The van der Waals surface area contributed by atoms with Crippen LogP contribution in [0.25, 0.3) is 0 Å². The number of amides is 1. The van der Waals surface area contributed by atoms with E-state index >= 15 is 0 Å². The molecule has 1 atom stereocenters. The lowest BCUT2D eigenvalue weighted by Gasteiger charge is -2.41. The van der Waals surface area contributed by atoms with Crippen LogP contribution in [0, 0.1) is 0 Å². The standard InChI is InChI=1S/C22H28N4O/c1-2-5-21-20(15-23-16-24-21)22(27)26-12-10-25(11-13-26)19-9-8-17-6-3-4-7-18(17)14-19/h3-4,6-7,15-16,19H,2,5,8-14H2,1H3/t19-/m0/s1. The van der Waals surface area contributed by atoms with Crippen LogP contribution in [0.1, 0.15) is 46.9 Å². The first-order valence-electron chi connectivity index (χ1n) is 10.1. The Kier molecular flexibility index (Phi) is 5.48. The third-order valence-electron chi connectivity index (χ3n) is 5.95. The van der Waals surface area contributed by atoms with E-state index in [0.29, 0.717) is 11.6 Å². The van der Waals surface area contributed by atoms with Crippen molar-refractivity contribution in [2.75, 3.05) is 26.2 Å². The Labute approximate surface area is 161 Å². The van der Waals surface area contributed by atoms with Gasteiger partial charge >= 0.3 is 0 Å². The van der Waals surface area contributed by atoms with Gasteiger partial charge in [0.05, 0.1) is 11.3 Å². The number of aromatic nitrogens is 2. The summed E-state index contributed by atoms with van der Waals surface area (Å²) >= 11 is 0. The smallest absolute Gasteiger partial charge is 0.257 e. The van der Waals surface area contributed by atoms with Crippen LogP contribution in [0.4, 0.5) is 0 Å². The molecule has 4 rings (SSSR count). The molecule has 1 amide bonds. The summed E-state index contributed by atoms with van der Waals surface area (Å²) < 4.78 is 0. The molecule has 2 aliphatic rings. The topological polar surface area (TPSA) is 49.3 Å². The van der Waals surface area contributed by atoms with Gasteiger partial charge in [0.25, 0.3) is 5.91 Å². The van der Waals surface area contributed by atoms with Crippen LogP contribution >= 0.6 is 0 Å². The number of hydrogen-bond acceptors (Lipinski definition) is 4. The number of hydrogen-bond donors (Lipinski definition) is 0. The molecule has 1 aliphatic heterocycles. The minimum atomic E-state index is 0.0905. The number of aryl methyl sites for hydroxylation is 2. The van der Waals surface area contributed by atoms with Crippen LogP contribution in [-0.4, -0.2) is 57.9 Å². The Hall–Kier alpha value is -2.27. The molecule has 2 heterocycles. The van der Waals surface area contributed by atoms with Crippen molar-refractivity contribution in [3.05, 3.63) is 59.2 Å². The van der Waals surface area contributed by atoms with E-state index in [4.69, 9.17) is 0 Å². The summed E-state index contributed by atoms with van der Waals surface area (Å²) in [4.78, 5) is 25.9. The molecule has 142 valence electrons. The van der Waals surface area contributed by atoms with Crippen molar-refractivity contribution in [3.8, 4) is 0 Å². The number of carbonyl (C=O) groups excluding carboxylic acids is 1. The van der Waals surface area contributed by atoms with Crippen LogP contribution in [0.2, 0.25) is 0 Å². The molecule has 1 aliphatic carbocycles. The van der Waals surface area contributed by atoms with E-state index < -0.39 is 0 Å². The van der Waals surface area contributed by atoms with Gasteiger partial charge < -0.3 is 4.90 Å². The summed E-state index contributed by atoms with van der Waals surface area (Å²) in [6.07, 6.45) is 8.56. The number of fused-ring (bicyclic) bond motifs is 1. The van der Waals surface area contributed by atoms with Gasteiger partial charge in [0.2, 0.25) is 0 Å². The maximum absolute atomic E-state index is 13.0. The fraction of sp³-hybridized carbons (Fsp3) is 0.500. The van der Waals surface area contributed by atoms with Gasteiger partial charge in [-0.25, -0.2) is 9.97 Å². The second-order valence-corrected chi connectivity index (χ2v) is 7.63. The van der Waals surface area contributed by atoms with Crippen molar-refractivity contribution in [1.82, 2.24) is 19.8 Å². The molecular weight excluding hydrogens is 336 g/mol. The van der Waals surface area contributed by atoms with E-state index in [0.717, 1.165) is 51.1 Å². The third-order valence-corrected chi connectivity index (χ3v) is 5.95. The number of piperazine rings is 1. The summed E-state index contributed by atoms with van der Waals surface area (Å²) in [5, 5.41) is 0. The number of rotatable bonds is 4. The molecule has 5 nitrogen and oxygen atoms in total. The maximum Gasteiger partial charge on any atom is 0.257 e. The Balaban J connectivity index is 1.38. The highest BCUT2D eigenvalue weighted by Gasteiger charge is 2.29. The van der Waals surface area contributed by atoms with Gasteiger partial charge in [-0.1, -0.05) is 37.6 Å². The van der Waals surface area contributed by atoms with E-state index in [2.05, 4.69) is 46.1 Å². The minimum Gasteiger partial charge on any atom is -0.336 e. The Morgan fingerprint density at radius 2 is 1.93 bits per heavy atom. The molecule has 1 aromatic heterocycles. The predicted octanol–water partition coefficient (Wildman–Crippen LogP) is 2.74. The van der Waals surface area contributed by atoms with Crippen molar-refractivity contribution in [2.45, 2.75) is 45.1 Å². The van der Waals surface area contributed by atoms with Gasteiger partial charge in [-0.3, -0.25) is 9.69 Å². The zero-order valence-electron chi connectivity index (χ0n) is 16.1. The lowest BCUT2D eigenvalue weighted by atomic mass is 9.87. The lowest BCUT2D eigenvalue weighted by molar-refractivity contribution is 0.0551. The fourth-order valence-corrected chi connectivity index (χ4v) is 4.42. The molecule has 0 radical (unpaired) electrons. The van der Waals surface area contributed by atoms with Crippen LogP contribution < -0.4 is 0 Å². The monoisotopic (exact) mass is 364 g/mol. The van der Waals surface area contributed by atoms with Gasteiger partial charge in [0.1, 0.15) is 6.33 Å². The van der Waals surface area contributed by atoms with Gasteiger partial charge in [0.15, 0.2) is 0 Å². The quantitative estimate of drug-likeness (QED) is 0.837. The summed E-state index contributed by atoms with van der Waals surface area (Å²) in [5.74, 6) is 0.0905. The average Bonchev–Trinajstić information content (AvgIpc) is 2.74. The first-order chi connectivity index (χ1) is 13.3. The van der Waals surface area contributed by atoms with Crippen molar-refractivity contribution >= 4 is 5.91 Å². The maximum atomic E-state index is 13.0. The highest BCUT2D eigenvalue weighted by atomic mass is 16.2. The van der Waals surface area contributed by atoms with E-state index in [-0.39, 0.29) is 5.91 Å². The second-order valence-electron chi connectivity index (χ2n) is 7.63. The van der Waals surface area contributed by atoms with E-state index in [1.807, 2.05) is 4.90 Å². The van der Waals surface area contributed by atoms with Gasteiger partial charge in [-0.15, -0.1) is 0 Å². The molecule has 0 spiro atoms. The number of carbonyl (C=O) groups is 1. The SMILES string of the molecule is CCCc1ncncc1C(=O)N1CCN([C@H]2CCc3ccccc3C2)CC1. The van der Waals surface area contributed by atoms with Crippen LogP contribution in [0.3, 0.4) is 0 Å². The lowest BCUT2D eigenvalue weighted by Crippen LogP contribution is -2.53. The predicted molar refractivity (Wildman–Crippen MR) is 106 cm³/mol. The molecule has 5 heteroatoms. The minimum absolute atomic E-state index is 0.0905. The van der Waals surface area contributed by atoms with Gasteiger partial charge in [-0.2, -0.15) is 0 Å². The van der Waals surface area contributed by atoms with Crippen molar-refractivity contribution in [3.63, 3.8) is 0 Å². The van der Waals surface area contributed by atoms with Crippen molar-refractivity contribution in [2.24, 2.45) is 0 Å². The largest absolute Gasteiger partial charge is 0.336 e. The van der Waals surface area contributed by atoms with Gasteiger partial charge in [0, 0.05) is 38.4 Å². The molecule has 1 saturated heterocycles. The Bertz CT molecular complexity index is 798. The summed E-state index contributed by atoms with van der Waals surface area (Å²) in [5.41, 5.74) is 4.57. The third kappa shape index (κ3) is 3.88. The summed E-state index contributed by atoms with van der Waals surface area (Å²) in [6.45, 7) is 5.59. The van der Waals surface area contributed by atoms with E-state index in [9.17, 15) is 4.79 Å². The summed E-state index contributed by atoms with van der Waals surface area (Å²) in [7, 11) is 0. The van der Waals surface area contributed by atoms with Crippen LogP contribution in [0.5, 0.6) is 0 Å². The molecule has 2 aromatic rings. The van der Waals surface area contributed by atoms with Crippen molar-refractivity contribution in [1.29, 1.82) is 0 Å². The second kappa shape index (κ2) is 8.17. The van der Waals surface area contributed by atoms with E-state index in [1.165, 1.54) is 24.0 Å². The normalized spacial score (nSPS) is 20.3. The number of benzene rings is 1. The Morgan fingerprint density at radius 3 is 2.70 bits per heavy atom. The molecule has 1 aromatic carbocycles. The highest BCUT2D eigenvalue weighted by Crippen LogP contribution is 2.25. The highest BCUT2D eigenvalue weighted by molar-refractivity contribution is 5.95. The first-order valence-corrected chi connectivity index (χ1v) is 10.1. The molecule has 27 heavy (non-hydrogen) atoms. The molecule has 0 N–H and O–H groups in total. The number of nitrogens with zero attached hydrogens (tertiary/aromatic N) is 4. The molecule has 1 fully saturated rings. The van der Waals surface area contributed by atoms with E-state index in [1.54, 1.807) is 12.5 Å². The fourth-order valence-electron chi connectivity index (χ4n) is 4.42. The molecular formula is C22H28N4O. The zero-order chi connectivity index (χ0) is 18.6.